The van der Waals surface area contributed by atoms with Crippen LogP contribution in [0.1, 0.15) is 45.4 Å². The fourth-order valence-electron chi connectivity index (χ4n) is 1.05. The highest BCUT2D eigenvalue weighted by Crippen LogP contribution is 2.05. The van der Waals surface area contributed by atoms with Crippen LogP contribution in [0.5, 0.6) is 0 Å². The summed E-state index contributed by atoms with van der Waals surface area (Å²) in [5.74, 6) is 0.662. The SMILES string of the molecule is CCCCCCCC=CCCl. The smallest absolute Gasteiger partial charge is 0.0404 e. The molecule has 0 radical (unpaired) electrons. The highest BCUT2D eigenvalue weighted by atomic mass is 35.5. The predicted molar refractivity (Wildman–Crippen MR) is 53.2 cm³/mol. The van der Waals surface area contributed by atoms with E-state index in [2.05, 4.69) is 13.0 Å². The molecule has 0 spiro atoms. The Morgan fingerprint density at radius 3 is 2.36 bits per heavy atom. The van der Waals surface area contributed by atoms with Crippen LogP contribution in [0.15, 0.2) is 12.2 Å². The molecule has 0 saturated carbocycles. The molecule has 0 saturated heterocycles. The Kier molecular flexibility index (Phi) is 10.1. The zero-order valence-corrected chi connectivity index (χ0v) is 8.24. The van der Waals surface area contributed by atoms with Crippen molar-refractivity contribution in [3.05, 3.63) is 12.2 Å². The van der Waals surface area contributed by atoms with Crippen molar-refractivity contribution >= 4 is 11.6 Å². The Labute approximate surface area is 75.6 Å². The van der Waals surface area contributed by atoms with E-state index in [0.717, 1.165) is 0 Å². The molecule has 0 aliphatic heterocycles. The van der Waals surface area contributed by atoms with Gasteiger partial charge in [0.05, 0.1) is 0 Å². The average Bonchev–Trinajstić information content (AvgIpc) is 2.03. The van der Waals surface area contributed by atoms with E-state index in [-0.39, 0.29) is 0 Å². The minimum Gasteiger partial charge on any atom is -0.122 e. The van der Waals surface area contributed by atoms with E-state index in [1.54, 1.807) is 0 Å². The van der Waals surface area contributed by atoms with E-state index in [1.807, 2.05) is 6.08 Å². The average molecular weight is 175 g/mol. The molecule has 0 unspecified atom stereocenters. The second-order valence-corrected chi connectivity index (χ2v) is 3.14. The van der Waals surface area contributed by atoms with Gasteiger partial charge in [-0.15, -0.1) is 11.6 Å². The first-order valence-electron chi connectivity index (χ1n) is 4.62. The summed E-state index contributed by atoms with van der Waals surface area (Å²) in [4.78, 5) is 0. The molecule has 0 amide bonds. The van der Waals surface area contributed by atoms with Crippen molar-refractivity contribution in [2.45, 2.75) is 45.4 Å². The molecular formula is C10H19Cl. The molecule has 0 aromatic heterocycles. The fraction of sp³-hybridized carbons (Fsp3) is 0.800. The summed E-state index contributed by atoms with van der Waals surface area (Å²) >= 11 is 5.48. The van der Waals surface area contributed by atoms with Crippen molar-refractivity contribution in [1.29, 1.82) is 0 Å². The minimum absolute atomic E-state index is 0.662. The Hall–Kier alpha value is 0.0300. The predicted octanol–water partition coefficient (Wildman–Crippen LogP) is 4.14. The van der Waals surface area contributed by atoms with Gasteiger partial charge < -0.3 is 0 Å². The van der Waals surface area contributed by atoms with E-state index in [1.165, 1.54) is 38.5 Å². The van der Waals surface area contributed by atoms with Crippen molar-refractivity contribution in [2.75, 3.05) is 5.88 Å². The van der Waals surface area contributed by atoms with Crippen LogP contribution in [0.4, 0.5) is 0 Å². The molecule has 0 fully saturated rings. The maximum Gasteiger partial charge on any atom is 0.0404 e. The summed E-state index contributed by atoms with van der Waals surface area (Å²) in [5.41, 5.74) is 0. The van der Waals surface area contributed by atoms with Gasteiger partial charge in [-0.2, -0.15) is 0 Å². The minimum atomic E-state index is 0.662. The van der Waals surface area contributed by atoms with Crippen molar-refractivity contribution in [3.8, 4) is 0 Å². The Balaban J connectivity index is 2.85. The number of unbranched alkanes of at least 4 members (excludes halogenated alkanes) is 5. The monoisotopic (exact) mass is 174 g/mol. The first kappa shape index (κ1) is 11.0. The maximum absolute atomic E-state index is 5.48. The maximum atomic E-state index is 5.48. The molecule has 0 aliphatic rings. The molecule has 0 N–H and O–H groups in total. The van der Waals surface area contributed by atoms with E-state index in [0.29, 0.717) is 5.88 Å². The first-order chi connectivity index (χ1) is 5.41. The normalized spacial score (nSPS) is 11.1. The molecule has 0 aliphatic carbocycles. The summed E-state index contributed by atoms with van der Waals surface area (Å²) in [6.07, 6.45) is 12.2. The number of halogens is 1. The number of rotatable bonds is 7. The van der Waals surface area contributed by atoms with Gasteiger partial charge in [0.2, 0.25) is 0 Å². The number of alkyl halides is 1. The van der Waals surface area contributed by atoms with Crippen LogP contribution in [-0.2, 0) is 0 Å². The molecule has 66 valence electrons. The van der Waals surface area contributed by atoms with Crippen LogP contribution in [0.2, 0.25) is 0 Å². The van der Waals surface area contributed by atoms with Gasteiger partial charge in [-0.05, 0) is 12.8 Å². The van der Waals surface area contributed by atoms with Gasteiger partial charge in [-0.1, -0.05) is 44.8 Å². The van der Waals surface area contributed by atoms with Gasteiger partial charge in [0.25, 0.3) is 0 Å². The quantitative estimate of drug-likeness (QED) is 0.309. The topological polar surface area (TPSA) is 0 Å². The molecule has 0 atom stereocenters. The van der Waals surface area contributed by atoms with E-state index in [4.69, 9.17) is 11.6 Å². The van der Waals surface area contributed by atoms with Gasteiger partial charge in [0, 0.05) is 5.88 Å². The molecular weight excluding hydrogens is 156 g/mol. The lowest BCUT2D eigenvalue weighted by Gasteiger charge is -1.95. The molecule has 0 aromatic carbocycles. The van der Waals surface area contributed by atoms with Crippen molar-refractivity contribution < 1.29 is 0 Å². The second kappa shape index (κ2) is 10.0. The third-order valence-electron chi connectivity index (χ3n) is 1.73. The van der Waals surface area contributed by atoms with Gasteiger partial charge in [0.15, 0.2) is 0 Å². The summed E-state index contributed by atoms with van der Waals surface area (Å²) in [6.45, 7) is 2.24. The van der Waals surface area contributed by atoms with Gasteiger partial charge in [-0.3, -0.25) is 0 Å². The molecule has 0 heterocycles. The lowest BCUT2D eigenvalue weighted by Crippen LogP contribution is -1.75. The lowest BCUT2D eigenvalue weighted by atomic mass is 10.1. The summed E-state index contributed by atoms with van der Waals surface area (Å²) in [5, 5.41) is 0. The van der Waals surface area contributed by atoms with Gasteiger partial charge in [0.1, 0.15) is 0 Å². The Morgan fingerprint density at radius 2 is 1.73 bits per heavy atom. The van der Waals surface area contributed by atoms with Crippen LogP contribution in [0.3, 0.4) is 0 Å². The summed E-state index contributed by atoms with van der Waals surface area (Å²) in [7, 11) is 0. The van der Waals surface area contributed by atoms with Crippen LogP contribution >= 0.6 is 11.6 Å². The largest absolute Gasteiger partial charge is 0.122 e. The molecule has 0 aromatic rings. The van der Waals surface area contributed by atoms with E-state index >= 15 is 0 Å². The third kappa shape index (κ3) is 10.0. The standard InChI is InChI=1S/C10H19Cl/c1-2-3-4-5-6-7-8-9-10-11/h8-9H,2-7,10H2,1H3. The van der Waals surface area contributed by atoms with E-state index < -0.39 is 0 Å². The first-order valence-corrected chi connectivity index (χ1v) is 5.16. The van der Waals surface area contributed by atoms with Gasteiger partial charge >= 0.3 is 0 Å². The van der Waals surface area contributed by atoms with Gasteiger partial charge in [-0.25, -0.2) is 0 Å². The van der Waals surface area contributed by atoms with Crippen molar-refractivity contribution in [2.24, 2.45) is 0 Å². The molecule has 0 bridgehead atoms. The Morgan fingerprint density at radius 1 is 1.00 bits per heavy atom. The molecule has 1 heteroatoms. The number of hydrogen-bond donors (Lipinski definition) is 0. The fourth-order valence-corrected chi connectivity index (χ4v) is 1.17. The molecule has 11 heavy (non-hydrogen) atoms. The third-order valence-corrected chi connectivity index (χ3v) is 1.91. The van der Waals surface area contributed by atoms with Crippen molar-refractivity contribution in [3.63, 3.8) is 0 Å². The number of hydrogen-bond acceptors (Lipinski definition) is 0. The number of allylic oxidation sites excluding steroid dienone is 2. The zero-order valence-electron chi connectivity index (χ0n) is 7.48. The van der Waals surface area contributed by atoms with E-state index in [9.17, 15) is 0 Å². The highest BCUT2D eigenvalue weighted by molar-refractivity contribution is 6.18. The Bertz CT molecular complexity index is 86.9. The van der Waals surface area contributed by atoms with Crippen molar-refractivity contribution in [1.82, 2.24) is 0 Å². The molecule has 0 rings (SSSR count). The lowest BCUT2D eigenvalue weighted by molar-refractivity contribution is 0.637. The zero-order chi connectivity index (χ0) is 8.36. The van der Waals surface area contributed by atoms with Crippen LogP contribution in [-0.4, -0.2) is 5.88 Å². The van der Waals surface area contributed by atoms with Crippen LogP contribution < -0.4 is 0 Å². The van der Waals surface area contributed by atoms with Crippen LogP contribution in [0, 0.1) is 0 Å². The van der Waals surface area contributed by atoms with Crippen LogP contribution in [0.25, 0.3) is 0 Å². The second-order valence-electron chi connectivity index (χ2n) is 2.83. The summed E-state index contributed by atoms with van der Waals surface area (Å²) in [6, 6.07) is 0. The highest BCUT2D eigenvalue weighted by Gasteiger charge is 1.85. The molecule has 0 nitrogen and oxygen atoms in total. The summed E-state index contributed by atoms with van der Waals surface area (Å²) < 4.78 is 0.